The van der Waals surface area contributed by atoms with Crippen LogP contribution in [-0.4, -0.2) is 18.7 Å². The first kappa shape index (κ1) is 13.6. The van der Waals surface area contributed by atoms with Gasteiger partial charge in [-0.05, 0) is 44.2 Å². The third-order valence-corrected chi connectivity index (χ3v) is 3.68. The van der Waals surface area contributed by atoms with Crippen LogP contribution in [-0.2, 0) is 4.74 Å². The maximum absolute atomic E-state index is 6.18. The summed E-state index contributed by atoms with van der Waals surface area (Å²) in [5.41, 5.74) is 2.65. The number of aryl methyl sites for hydroxylation is 1. The van der Waals surface area contributed by atoms with E-state index in [-0.39, 0.29) is 6.10 Å². The Kier molecular flexibility index (Phi) is 4.79. The second kappa shape index (κ2) is 6.35. The Hall–Kier alpha value is -0.860. The SMILES string of the molecule is CCC(C)OC(CNC1CC1)c1ccccc1C. The molecule has 0 spiro atoms. The smallest absolute Gasteiger partial charge is 0.0955 e. The number of rotatable bonds is 7. The highest BCUT2D eigenvalue weighted by atomic mass is 16.5. The van der Waals surface area contributed by atoms with E-state index in [4.69, 9.17) is 4.74 Å². The monoisotopic (exact) mass is 247 g/mol. The molecule has 2 heteroatoms. The average molecular weight is 247 g/mol. The van der Waals surface area contributed by atoms with Crippen molar-refractivity contribution < 1.29 is 4.74 Å². The molecule has 0 aliphatic heterocycles. The lowest BCUT2D eigenvalue weighted by molar-refractivity contribution is -0.00500. The first-order valence-corrected chi connectivity index (χ1v) is 7.15. The lowest BCUT2D eigenvalue weighted by atomic mass is 10.0. The van der Waals surface area contributed by atoms with E-state index in [0.29, 0.717) is 6.10 Å². The van der Waals surface area contributed by atoms with Gasteiger partial charge in [-0.2, -0.15) is 0 Å². The van der Waals surface area contributed by atoms with Crippen LogP contribution in [0.2, 0.25) is 0 Å². The van der Waals surface area contributed by atoms with E-state index in [1.54, 1.807) is 0 Å². The van der Waals surface area contributed by atoms with Gasteiger partial charge in [-0.3, -0.25) is 0 Å². The molecule has 18 heavy (non-hydrogen) atoms. The van der Waals surface area contributed by atoms with Gasteiger partial charge in [-0.1, -0.05) is 31.2 Å². The summed E-state index contributed by atoms with van der Waals surface area (Å²) < 4.78 is 6.18. The first-order chi connectivity index (χ1) is 8.70. The van der Waals surface area contributed by atoms with Gasteiger partial charge in [0, 0.05) is 12.6 Å². The molecule has 100 valence electrons. The minimum atomic E-state index is 0.182. The van der Waals surface area contributed by atoms with E-state index >= 15 is 0 Å². The van der Waals surface area contributed by atoms with E-state index in [2.05, 4.69) is 50.4 Å². The van der Waals surface area contributed by atoms with Crippen molar-refractivity contribution in [2.75, 3.05) is 6.54 Å². The molecule has 1 aliphatic rings. The fourth-order valence-electron chi connectivity index (χ4n) is 2.12. The maximum Gasteiger partial charge on any atom is 0.0955 e. The highest BCUT2D eigenvalue weighted by Gasteiger charge is 2.24. The molecule has 0 aromatic heterocycles. The van der Waals surface area contributed by atoms with E-state index in [9.17, 15) is 0 Å². The van der Waals surface area contributed by atoms with Gasteiger partial charge in [0.2, 0.25) is 0 Å². The van der Waals surface area contributed by atoms with Crippen molar-refractivity contribution in [3.63, 3.8) is 0 Å². The first-order valence-electron chi connectivity index (χ1n) is 7.15. The van der Waals surface area contributed by atoms with Crippen molar-refractivity contribution in [2.45, 2.75) is 58.3 Å². The highest BCUT2D eigenvalue weighted by Crippen LogP contribution is 2.25. The van der Waals surface area contributed by atoms with E-state index in [0.717, 1.165) is 19.0 Å². The Morgan fingerprint density at radius 3 is 2.67 bits per heavy atom. The summed E-state index contributed by atoms with van der Waals surface area (Å²) >= 11 is 0. The second-order valence-corrected chi connectivity index (χ2v) is 5.38. The van der Waals surface area contributed by atoms with Gasteiger partial charge in [0.15, 0.2) is 0 Å². The van der Waals surface area contributed by atoms with Crippen molar-refractivity contribution in [1.29, 1.82) is 0 Å². The van der Waals surface area contributed by atoms with Crippen molar-refractivity contribution >= 4 is 0 Å². The summed E-state index contributed by atoms with van der Waals surface area (Å²) in [6.45, 7) is 7.43. The maximum atomic E-state index is 6.18. The Morgan fingerprint density at radius 1 is 1.33 bits per heavy atom. The number of benzene rings is 1. The molecule has 2 unspecified atom stereocenters. The molecule has 2 rings (SSSR count). The number of ether oxygens (including phenoxy) is 1. The molecule has 0 radical (unpaired) electrons. The van der Waals surface area contributed by atoms with Crippen LogP contribution in [0, 0.1) is 6.92 Å². The minimum Gasteiger partial charge on any atom is -0.369 e. The van der Waals surface area contributed by atoms with Crippen molar-refractivity contribution in [1.82, 2.24) is 5.32 Å². The Bertz CT molecular complexity index is 373. The summed E-state index contributed by atoms with van der Waals surface area (Å²) in [7, 11) is 0. The standard InChI is InChI=1S/C16H25NO/c1-4-13(3)18-16(11-17-14-9-10-14)15-8-6-5-7-12(15)2/h5-8,13-14,16-17H,4,9-11H2,1-3H3. The van der Waals surface area contributed by atoms with Gasteiger partial charge in [0.1, 0.15) is 0 Å². The summed E-state index contributed by atoms with van der Waals surface area (Å²) in [6.07, 6.45) is 4.21. The molecule has 1 aromatic carbocycles. The van der Waals surface area contributed by atoms with Crippen LogP contribution >= 0.6 is 0 Å². The Labute approximate surface area is 111 Å². The van der Waals surface area contributed by atoms with Crippen molar-refractivity contribution in [2.24, 2.45) is 0 Å². The van der Waals surface area contributed by atoms with E-state index in [1.165, 1.54) is 24.0 Å². The van der Waals surface area contributed by atoms with Gasteiger partial charge < -0.3 is 10.1 Å². The van der Waals surface area contributed by atoms with Crippen LogP contribution in [0.3, 0.4) is 0 Å². The summed E-state index contributed by atoms with van der Waals surface area (Å²) in [4.78, 5) is 0. The van der Waals surface area contributed by atoms with E-state index < -0.39 is 0 Å². The molecule has 0 amide bonds. The number of nitrogens with one attached hydrogen (secondary N) is 1. The Morgan fingerprint density at radius 2 is 2.06 bits per heavy atom. The number of hydrogen-bond donors (Lipinski definition) is 1. The lowest BCUT2D eigenvalue weighted by Gasteiger charge is -2.24. The largest absolute Gasteiger partial charge is 0.369 e. The predicted octanol–water partition coefficient (Wildman–Crippen LogP) is 3.60. The zero-order valence-electron chi connectivity index (χ0n) is 11.8. The lowest BCUT2D eigenvalue weighted by Crippen LogP contribution is -2.27. The zero-order valence-corrected chi connectivity index (χ0v) is 11.8. The third kappa shape index (κ3) is 3.82. The molecule has 1 N–H and O–H groups in total. The molecule has 1 saturated carbocycles. The molecule has 0 bridgehead atoms. The molecule has 2 nitrogen and oxygen atoms in total. The fraction of sp³-hybridized carbons (Fsp3) is 0.625. The number of hydrogen-bond acceptors (Lipinski definition) is 2. The van der Waals surface area contributed by atoms with Crippen LogP contribution in [0.25, 0.3) is 0 Å². The van der Waals surface area contributed by atoms with Crippen LogP contribution in [0.1, 0.15) is 50.3 Å². The quantitative estimate of drug-likeness (QED) is 0.795. The summed E-state index contributed by atoms with van der Waals surface area (Å²) in [6, 6.07) is 9.29. The van der Waals surface area contributed by atoms with Gasteiger partial charge in [0.25, 0.3) is 0 Å². The molecule has 0 heterocycles. The molecular formula is C16H25NO. The molecule has 1 aliphatic carbocycles. The molecule has 1 fully saturated rings. The summed E-state index contributed by atoms with van der Waals surface area (Å²) in [5, 5.41) is 3.59. The van der Waals surface area contributed by atoms with Crippen LogP contribution in [0.15, 0.2) is 24.3 Å². The second-order valence-electron chi connectivity index (χ2n) is 5.38. The topological polar surface area (TPSA) is 21.3 Å². The van der Waals surface area contributed by atoms with Crippen molar-refractivity contribution in [3.05, 3.63) is 35.4 Å². The van der Waals surface area contributed by atoms with Crippen molar-refractivity contribution in [3.8, 4) is 0 Å². The molecule has 1 aromatic rings. The van der Waals surface area contributed by atoms with Gasteiger partial charge in [-0.25, -0.2) is 0 Å². The minimum absolute atomic E-state index is 0.182. The molecule has 2 atom stereocenters. The van der Waals surface area contributed by atoms with Crippen LogP contribution in [0.5, 0.6) is 0 Å². The predicted molar refractivity (Wildman–Crippen MR) is 75.8 cm³/mol. The van der Waals surface area contributed by atoms with E-state index in [1.807, 2.05) is 0 Å². The zero-order chi connectivity index (χ0) is 13.0. The Balaban J connectivity index is 2.04. The van der Waals surface area contributed by atoms with Gasteiger partial charge in [-0.15, -0.1) is 0 Å². The molecular weight excluding hydrogens is 222 g/mol. The average Bonchev–Trinajstić information content (AvgIpc) is 3.19. The van der Waals surface area contributed by atoms with Crippen LogP contribution < -0.4 is 5.32 Å². The van der Waals surface area contributed by atoms with Gasteiger partial charge >= 0.3 is 0 Å². The van der Waals surface area contributed by atoms with Crippen LogP contribution in [0.4, 0.5) is 0 Å². The molecule has 0 saturated heterocycles. The normalized spacial score (nSPS) is 18.6. The van der Waals surface area contributed by atoms with Gasteiger partial charge in [0.05, 0.1) is 12.2 Å². The highest BCUT2D eigenvalue weighted by molar-refractivity contribution is 5.28. The summed E-state index contributed by atoms with van der Waals surface area (Å²) in [5.74, 6) is 0. The fourth-order valence-corrected chi connectivity index (χ4v) is 2.12. The third-order valence-electron chi connectivity index (χ3n) is 3.68.